The number of quaternary nitrogens is 1. The second-order valence-electron chi connectivity index (χ2n) is 5.43. The Bertz CT molecular complexity index is 520. The van der Waals surface area contributed by atoms with E-state index in [1.165, 1.54) is 9.80 Å². The fraction of sp³-hybridized carbons (Fsp3) is 0.467. The number of aryl methyl sites for hydroxylation is 1. The molecule has 3 rings (SSSR count). The van der Waals surface area contributed by atoms with Crippen LogP contribution in [0.15, 0.2) is 24.3 Å². The van der Waals surface area contributed by atoms with E-state index in [-0.39, 0.29) is 17.9 Å². The van der Waals surface area contributed by atoms with E-state index < -0.39 is 0 Å². The van der Waals surface area contributed by atoms with Gasteiger partial charge in [-0.3, -0.25) is 9.59 Å². The predicted octanol–water partition coefficient (Wildman–Crippen LogP) is -0.458. The molecular weight excluding hydrogens is 256 g/mol. The van der Waals surface area contributed by atoms with Crippen molar-refractivity contribution in [2.75, 3.05) is 31.2 Å². The number of nitrogens with one attached hydrogen (secondary N) is 1. The first-order valence-corrected chi connectivity index (χ1v) is 7.02. The Balaban J connectivity index is 1.81. The van der Waals surface area contributed by atoms with Crippen molar-refractivity contribution in [3.05, 3.63) is 29.8 Å². The number of hydrogen-bond acceptors (Lipinski definition) is 3. The topological polar surface area (TPSA) is 51.1 Å². The molecule has 1 aromatic carbocycles. The van der Waals surface area contributed by atoms with Gasteiger partial charge < -0.3 is 9.64 Å². The van der Waals surface area contributed by atoms with E-state index in [0.29, 0.717) is 25.3 Å². The van der Waals surface area contributed by atoms with E-state index in [4.69, 9.17) is 4.74 Å². The van der Waals surface area contributed by atoms with Gasteiger partial charge >= 0.3 is 0 Å². The van der Waals surface area contributed by atoms with Gasteiger partial charge in [0.1, 0.15) is 13.1 Å². The number of benzene rings is 1. The van der Waals surface area contributed by atoms with Crippen LogP contribution in [0.5, 0.6) is 0 Å². The molecule has 0 unspecified atom stereocenters. The lowest BCUT2D eigenvalue weighted by atomic mass is 10.2. The first kappa shape index (κ1) is 13.3. The lowest BCUT2D eigenvalue weighted by molar-refractivity contribution is -0.922. The normalized spacial score (nSPS) is 24.4. The molecule has 0 aliphatic carbocycles. The molecule has 106 valence electrons. The van der Waals surface area contributed by atoms with Crippen molar-refractivity contribution >= 4 is 17.5 Å². The van der Waals surface area contributed by atoms with Gasteiger partial charge in [-0.1, -0.05) is 17.7 Å². The first-order chi connectivity index (χ1) is 9.66. The molecule has 20 heavy (non-hydrogen) atoms. The Kier molecular flexibility index (Phi) is 3.54. The average molecular weight is 275 g/mol. The van der Waals surface area contributed by atoms with Crippen LogP contribution in [0.1, 0.15) is 12.0 Å². The van der Waals surface area contributed by atoms with Crippen molar-refractivity contribution in [1.82, 2.24) is 0 Å². The fourth-order valence-electron chi connectivity index (χ4n) is 2.90. The summed E-state index contributed by atoms with van der Waals surface area (Å²) < 4.78 is 5.32. The molecule has 0 aromatic heterocycles. The number of anilines is 1. The van der Waals surface area contributed by atoms with Gasteiger partial charge in [0.2, 0.25) is 5.91 Å². The van der Waals surface area contributed by atoms with Crippen molar-refractivity contribution in [3.8, 4) is 0 Å². The zero-order valence-corrected chi connectivity index (χ0v) is 11.6. The zero-order valence-electron chi connectivity index (χ0n) is 11.6. The van der Waals surface area contributed by atoms with Crippen molar-refractivity contribution < 1.29 is 19.2 Å². The highest BCUT2D eigenvalue weighted by atomic mass is 16.5. The molecular formula is C15H19N2O3+. The van der Waals surface area contributed by atoms with E-state index in [2.05, 4.69) is 0 Å². The smallest absolute Gasteiger partial charge is 0.292 e. The van der Waals surface area contributed by atoms with Crippen LogP contribution in [-0.4, -0.2) is 44.2 Å². The summed E-state index contributed by atoms with van der Waals surface area (Å²) in [6, 6.07) is 7.27. The van der Waals surface area contributed by atoms with Crippen LogP contribution < -0.4 is 9.80 Å². The summed E-state index contributed by atoms with van der Waals surface area (Å²) in [6.07, 6.45) is 0.308. The number of carbonyl (C=O) groups is 2. The SMILES string of the molecule is Cc1ccc(N2C(=O)C[C@H]([NH+]3CCOCC3)C2=O)cc1. The molecule has 5 heteroatoms. The molecule has 5 nitrogen and oxygen atoms in total. The van der Waals surface area contributed by atoms with Crippen molar-refractivity contribution in [3.63, 3.8) is 0 Å². The quantitative estimate of drug-likeness (QED) is 0.743. The summed E-state index contributed by atoms with van der Waals surface area (Å²) >= 11 is 0. The molecule has 0 saturated carbocycles. The summed E-state index contributed by atoms with van der Waals surface area (Å²) in [7, 11) is 0. The van der Waals surface area contributed by atoms with Crippen LogP contribution >= 0.6 is 0 Å². The van der Waals surface area contributed by atoms with E-state index in [9.17, 15) is 9.59 Å². The maximum absolute atomic E-state index is 12.5. The minimum absolute atomic E-state index is 0.0734. The monoisotopic (exact) mass is 275 g/mol. The number of ether oxygens (including phenoxy) is 1. The minimum Gasteiger partial charge on any atom is -0.370 e. The maximum atomic E-state index is 12.5. The number of carbonyl (C=O) groups excluding carboxylic acids is 2. The van der Waals surface area contributed by atoms with Crippen molar-refractivity contribution in [2.45, 2.75) is 19.4 Å². The van der Waals surface area contributed by atoms with Crippen molar-refractivity contribution in [2.24, 2.45) is 0 Å². The lowest BCUT2D eigenvalue weighted by Crippen LogP contribution is -3.18. The van der Waals surface area contributed by atoms with E-state index in [1.54, 1.807) is 0 Å². The van der Waals surface area contributed by atoms with Gasteiger partial charge in [-0.05, 0) is 19.1 Å². The third-order valence-corrected chi connectivity index (χ3v) is 4.07. The molecule has 2 saturated heterocycles. The Morgan fingerprint density at radius 1 is 1.15 bits per heavy atom. The molecule has 1 aromatic rings. The highest BCUT2D eigenvalue weighted by Crippen LogP contribution is 2.22. The highest BCUT2D eigenvalue weighted by Gasteiger charge is 2.45. The molecule has 1 N–H and O–H groups in total. The van der Waals surface area contributed by atoms with Gasteiger partial charge in [-0.25, -0.2) is 4.90 Å². The largest absolute Gasteiger partial charge is 0.370 e. The second kappa shape index (κ2) is 5.34. The fourth-order valence-corrected chi connectivity index (χ4v) is 2.90. The second-order valence-corrected chi connectivity index (χ2v) is 5.43. The molecule has 2 heterocycles. The lowest BCUT2D eigenvalue weighted by Gasteiger charge is -2.27. The zero-order chi connectivity index (χ0) is 14.1. The van der Waals surface area contributed by atoms with E-state index >= 15 is 0 Å². The first-order valence-electron chi connectivity index (χ1n) is 7.02. The Morgan fingerprint density at radius 2 is 1.80 bits per heavy atom. The molecule has 1 atom stereocenters. The maximum Gasteiger partial charge on any atom is 0.292 e. The van der Waals surface area contributed by atoms with Gasteiger partial charge in [-0.2, -0.15) is 0 Å². The van der Waals surface area contributed by atoms with Crippen LogP contribution in [0.2, 0.25) is 0 Å². The number of hydrogen-bond donors (Lipinski definition) is 1. The van der Waals surface area contributed by atoms with Crippen LogP contribution in [0, 0.1) is 6.92 Å². The Morgan fingerprint density at radius 3 is 2.45 bits per heavy atom. The molecule has 2 fully saturated rings. The number of imide groups is 1. The summed E-state index contributed by atoms with van der Waals surface area (Å²) in [6.45, 7) is 4.91. The van der Waals surface area contributed by atoms with E-state index in [0.717, 1.165) is 18.7 Å². The van der Waals surface area contributed by atoms with Gasteiger partial charge in [0.25, 0.3) is 5.91 Å². The molecule has 0 bridgehead atoms. The third-order valence-electron chi connectivity index (χ3n) is 4.07. The van der Waals surface area contributed by atoms with Gasteiger partial charge in [0.05, 0.1) is 25.3 Å². The van der Waals surface area contributed by atoms with Gasteiger partial charge in [0.15, 0.2) is 6.04 Å². The summed E-state index contributed by atoms with van der Waals surface area (Å²) in [5.74, 6) is -0.168. The minimum atomic E-state index is -0.243. The van der Waals surface area contributed by atoms with Crippen molar-refractivity contribution in [1.29, 1.82) is 0 Å². The summed E-state index contributed by atoms with van der Waals surface area (Å²) in [4.78, 5) is 27.2. The van der Waals surface area contributed by atoms with E-state index in [1.807, 2.05) is 31.2 Å². The number of rotatable bonds is 2. The van der Waals surface area contributed by atoms with Gasteiger partial charge in [0, 0.05) is 0 Å². The summed E-state index contributed by atoms with van der Waals surface area (Å²) in [5.41, 5.74) is 1.80. The number of nitrogens with zero attached hydrogens (tertiary/aromatic N) is 1. The molecule has 2 aliphatic rings. The summed E-state index contributed by atoms with van der Waals surface area (Å²) in [5, 5.41) is 0. The molecule has 0 radical (unpaired) electrons. The highest BCUT2D eigenvalue weighted by molar-refractivity contribution is 6.21. The standard InChI is InChI=1S/C15H18N2O3/c1-11-2-4-12(5-3-11)17-14(18)10-13(15(17)19)16-6-8-20-9-7-16/h2-5,13H,6-10H2,1H3/p+1/t13-/m0/s1. The molecule has 0 spiro atoms. The Hall–Kier alpha value is -1.72. The Labute approximate surface area is 118 Å². The predicted molar refractivity (Wildman–Crippen MR) is 73.6 cm³/mol. The average Bonchev–Trinajstić information content (AvgIpc) is 2.76. The third kappa shape index (κ3) is 2.34. The van der Waals surface area contributed by atoms with Crippen LogP contribution in [0.4, 0.5) is 5.69 Å². The van der Waals surface area contributed by atoms with Gasteiger partial charge in [-0.15, -0.1) is 0 Å². The van der Waals surface area contributed by atoms with Crippen LogP contribution in [-0.2, 0) is 14.3 Å². The van der Waals surface area contributed by atoms with Crippen LogP contribution in [0.3, 0.4) is 0 Å². The molecule has 2 amide bonds. The number of amides is 2. The number of morpholine rings is 1. The molecule has 2 aliphatic heterocycles. The van der Waals surface area contributed by atoms with Crippen LogP contribution in [0.25, 0.3) is 0 Å².